The van der Waals surface area contributed by atoms with E-state index in [-0.39, 0.29) is 5.41 Å². The maximum Gasteiger partial charge on any atom is 0.240 e. The molecule has 0 N–H and O–H groups in total. The first-order chi connectivity index (χ1) is 14.7. The standard InChI is InChI=1S/C24H29N5O/c1-19-8-7-11-21(25-19)29-16-14-28(15-17-29)18-22-26-23(27-30-22)24(12-5-6-13-24)20-9-3-2-4-10-20/h2-4,7-11H,5-6,12-18H2,1H3. The maximum atomic E-state index is 5.72. The van der Waals surface area contributed by atoms with Crippen molar-refractivity contribution in [3.63, 3.8) is 0 Å². The van der Waals surface area contributed by atoms with Crippen LogP contribution in [0.1, 0.15) is 48.7 Å². The highest BCUT2D eigenvalue weighted by Crippen LogP contribution is 2.45. The summed E-state index contributed by atoms with van der Waals surface area (Å²) >= 11 is 0. The largest absolute Gasteiger partial charge is 0.354 e. The molecule has 30 heavy (non-hydrogen) atoms. The number of aromatic nitrogens is 3. The van der Waals surface area contributed by atoms with E-state index in [1.165, 1.54) is 18.4 Å². The second-order valence-corrected chi connectivity index (χ2v) is 8.57. The van der Waals surface area contributed by atoms with Crippen molar-refractivity contribution in [2.24, 2.45) is 0 Å². The average molecular weight is 404 g/mol. The molecule has 0 atom stereocenters. The Hall–Kier alpha value is -2.73. The number of anilines is 1. The second kappa shape index (κ2) is 8.19. The van der Waals surface area contributed by atoms with E-state index in [1.807, 2.05) is 13.0 Å². The number of hydrogen-bond acceptors (Lipinski definition) is 6. The molecule has 1 saturated carbocycles. The lowest BCUT2D eigenvalue weighted by Crippen LogP contribution is -2.46. The van der Waals surface area contributed by atoms with Crippen molar-refractivity contribution in [2.45, 2.75) is 44.6 Å². The van der Waals surface area contributed by atoms with Gasteiger partial charge in [0.25, 0.3) is 0 Å². The molecule has 156 valence electrons. The van der Waals surface area contributed by atoms with Gasteiger partial charge < -0.3 is 9.42 Å². The molecule has 0 bridgehead atoms. The predicted octanol–water partition coefficient (Wildman–Crippen LogP) is 3.96. The van der Waals surface area contributed by atoms with Crippen LogP contribution in [-0.2, 0) is 12.0 Å². The van der Waals surface area contributed by atoms with Crippen LogP contribution in [0.15, 0.2) is 53.1 Å². The van der Waals surface area contributed by atoms with Crippen LogP contribution in [0.3, 0.4) is 0 Å². The van der Waals surface area contributed by atoms with E-state index in [1.54, 1.807) is 0 Å². The van der Waals surface area contributed by atoms with Crippen LogP contribution >= 0.6 is 0 Å². The van der Waals surface area contributed by atoms with Gasteiger partial charge in [-0.2, -0.15) is 4.98 Å². The summed E-state index contributed by atoms with van der Waals surface area (Å²) in [5.74, 6) is 2.67. The van der Waals surface area contributed by atoms with E-state index in [9.17, 15) is 0 Å². The number of piperazine rings is 1. The molecule has 2 aliphatic rings. The summed E-state index contributed by atoms with van der Waals surface area (Å²) in [7, 11) is 0. The van der Waals surface area contributed by atoms with Gasteiger partial charge >= 0.3 is 0 Å². The van der Waals surface area contributed by atoms with Crippen LogP contribution in [0.25, 0.3) is 0 Å². The summed E-state index contributed by atoms with van der Waals surface area (Å²) in [5, 5.41) is 4.45. The molecular weight excluding hydrogens is 374 g/mol. The molecule has 1 saturated heterocycles. The number of benzene rings is 1. The van der Waals surface area contributed by atoms with Gasteiger partial charge in [0.2, 0.25) is 5.89 Å². The molecule has 6 heteroatoms. The summed E-state index contributed by atoms with van der Waals surface area (Å²) < 4.78 is 5.72. The number of rotatable bonds is 5. The molecule has 3 heterocycles. The topological polar surface area (TPSA) is 58.3 Å². The molecule has 5 rings (SSSR count). The molecule has 6 nitrogen and oxygen atoms in total. The van der Waals surface area contributed by atoms with Crippen LogP contribution in [0, 0.1) is 6.92 Å². The number of aryl methyl sites for hydroxylation is 1. The summed E-state index contributed by atoms with van der Waals surface area (Å²) in [6.07, 6.45) is 4.62. The van der Waals surface area contributed by atoms with E-state index in [2.05, 4.69) is 62.4 Å². The summed E-state index contributed by atoms with van der Waals surface area (Å²) in [4.78, 5) is 14.3. The van der Waals surface area contributed by atoms with Gasteiger partial charge in [0.05, 0.1) is 12.0 Å². The van der Waals surface area contributed by atoms with Gasteiger partial charge in [-0.05, 0) is 37.5 Å². The molecule has 2 aromatic heterocycles. The Morgan fingerprint density at radius 1 is 0.900 bits per heavy atom. The van der Waals surface area contributed by atoms with Gasteiger partial charge in [-0.3, -0.25) is 4.90 Å². The summed E-state index contributed by atoms with van der Waals surface area (Å²) in [6.45, 7) is 6.62. The molecule has 1 aliphatic heterocycles. The van der Waals surface area contributed by atoms with Crippen LogP contribution in [-0.4, -0.2) is 46.2 Å². The van der Waals surface area contributed by atoms with Crippen LogP contribution in [0.2, 0.25) is 0 Å². The molecule has 1 aliphatic carbocycles. The monoisotopic (exact) mass is 403 g/mol. The quantitative estimate of drug-likeness (QED) is 0.643. The Balaban J connectivity index is 1.26. The van der Waals surface area contributed by atoms with Crippen molar-refractivity contribution in [1.82, 2.24) is 20.0 Å². The Kier molecular flexibility index (Phi) is 5.25. The lowest BCUT2D eigenvalue weighted by atomic mass is 9.78. The Morgan fingerprint density at radius 2 is 1.67 bits per heavy atom. The molecule has 2 fully saturated rings. The fourth-order valence-corrected chi connectivity index (χ4v) is 4.92. The van der Waals surface area contributed by atoms with Crippen LogP contribution < -0.4 is 4.90 Å². The minimum Gasteiger partial charge on any atom is -0.354 e. The Labute approximate surface area is 177 Å². The van der Waals surface area contributed by atoms with E-state index in [0.717, 1.165) is 62.2 Å². The number of nitrogens with zero attached hydrogens (tertiary/aromatic N) is 5. The third-order valence-electron chi connectivity index (χ3n) is 6.61. The highest BCUT2D eigenvalue weighted by molar-refractivity contribution is 5.39. The fraction of sp³-hybridized carbons (Fsp3) is 0.458. The molecular formula is C24H29N5O. The SMILES string of the molecule is Cc1cccc(N2CCN(Cc3nc(C4(c5ccccc5)CCCC4)no3)CC2)n1. The van der Waals surface area contributed by atoms with Gasteiger partial charge in [-0.25, -0.2) is 4.98 Å². The van der Waals surface area contributed by atoms with E-state index in [4.69, 9.17) is 9.51 Å². The van der Waals surface area contributed by atoms with Crippen molar-refractivity contribution >= 4 is 5.82 Å². The zero-order chi connectivity index (χ0) is 20.4. The first-order valence-corrected chi connectivity index (χ1v) is 11.0. The third kappa shape index (κ3) is 3.72. The molecule has 1 aromatic carbocycles. The van der Waals surface area contributed by atoms with Gasteiger partial charge in [-0.1, -0.05) is 54.4 Å². The first-order valence-electron chi connectivity index (χ1n) is 11.0. The van der Waals surface area contributed by atoms with Gasteiger partial charge in [0, 0.05) is 31.9 Å². The van der Waals surface area contributed by atoms with Crippen molar-refractivity contribution in [3.05, 3.63) is 71.5 Å². The zero-order valence-electron chi connectivity index (χ0n) is 17.6. The summed E-state index contributed by atoms with van der Waals surface area (Å²) in [6, 6.07) is 16.9. The van der Waals surface area contributed by atoms with Gasteiger partial charge in [-0.15, -0.1) is 0 Å². The maximum absolute atomic E-state index is 5.72. The van der Waals surface area contributed by atoms with Gasteiger partial charge in [0.1, 0.15) is 5.82 Å². The predicted molar refractivity (Wildman–Crippen MR) is 116 cm³/mol. The van der Waals surface area contributed by atoms with Crippen molar-refractivity contribution < 1.29 is 4.52 Å². The third-order valence-corrected chi connectivity index (χ3v) is 6.61. The normalized spacial score (nSPS) is 19.3. The van der Waals surface area contributed by atoms with E-state index in [0.29, 0.717) is 6.54 Å². The van der Waals surface area contributed by atoms with Crippen molar-refractivity contribution in [3.8, 4) is 0 Å². The second-order valence-electron chi connectivity index (χ2n) is 8.57. The minimum absolute atomic E-state index is 0.0848. The van der Waals surface area contributed by atoms with Crippen molar-refractivity contribution in [1.29, 1.82) is 0 Å². The minimum atomic E-state index is -0.0848. The lowest BCUT2D eigenvalue weighted by molar-refractivity contribution is 0.214. The highest BCUT2D eigenvalue weighted by Gasteiger charge is 2.41. The van der Waals surface area contributed by atoms with E-state index >= 15 is 0 Å². The first kappa shape index (κ1) is 19.2. The van der Waals surface area contributed by atoms with Gasteiger partial charge in [0.15, 0.2) is 5.82 Å². The molecule has 0 amide bonds. The molecule has 0 spiro atoms. The zero-order valence-corrected chi connectivity index (χ0v) is 17.6. The molecule has 0 unspecified atom stereocenters. The van der Waals surface area contributed by atoms with E-state index < -0.39 is 0 Å². The Bertz CT molecular complexity index is 972. The average Bonchev–Trinajstić information content (AvgIpc) is 3.46. The Morgan fingerprint density at radius 3 is 2.40 bits per heavy atom. The number of pyridine rings is 1. The van der Waals surface area contributed by atoms with Crippen LogP contribution in [0.4, 0.5) is 5.82 Å². The summed E-state index contributed by atoms with van der Waals surface area (Å²) in [5.41, 5.74) is 2.29. The molecule has 0 radical (unpaired) electrons. The highest BCUT2D eigenvalue weighted by atomic mass is 16.5. The smallest absolute Gasteiger partial charge is 0.240 e. The van der Waals surface area contributed by atoms with Crippen LogP contribution in [0.5, 0.6) is 0 Å². The fourth-order valence-electron chi connectivity index (χ4n) is 4.92. The number of hydrogen-bond donors (Lipinski definition) is 0. The van der Waals surface area contributed by atoms with Crippen molar-refractivity contribution in [2.75, 3.05) is 31.1 Å². The lowest BCUT2D eigenvalue weighted by Gasteiger charge is -2.34. The molecule has 3 aromatic rings.